The molecule has 1 N–H and O–H groups in total. The number of nitrogens with zero attached hydrogens (tertiary/aromatic N) is 2. The van der Waals surface area contributed by atoms with E-state index in [1.165, 1.54) is 12.7 Å². The molecule has 0 aliphatic carbocycles. The lowest BCUT2D eigenvalue weighted by Crippen LogP contribution is -2.21. The number of esters is 1. The zero-order valence-corrected chi connectivity index (χ0v) is 12.0. The Kier molecular flexibility index (Phi) is 4.53. The van der Waals surface area contributed by atoms with Crippen molar-refractivity contribution in [3.63, 3.8) is 0 Å². The Morgan fingerprint density at radius 2 is 2.15 bits per heavy atom. The number of aromatic nitrogens is 2. The van der Waals surface area contributed by atoms with Gasteiger partial charge in [-0.3, -0.25) is 9.88 Å². The minimum Gasteiger partial charge on any atom is -0.464 e. The summed E-state index contributed by atoms with van der Waals surface area (Å²) in [4.78, 5) is 20.6. The number of nitrogens with one attached hydrogen (secondary N) is 1. The number of pyridine rings is 1. The predicted molar refractivity (Wildman–Crippen MR) is 76.3 cm³/mol. The first kappa shape index (κ1) is 14.3. The van der Waals surface area contributed by atoms with Crippen molar-refractivity contribution in [3.8, 4) is 0 Å². The number of aromatic amines is 1. The van der Waals surface area contributed by atoms with Crippen molar-refractivity contribution in [1.29, 1.82) is 0 Å². The standard InChI is InChI=1S/C15H19N3O2/c1-11(13-4-6-16-7-5-13)18(2)10-12-8-14(17-9-12)15(19)20-3/h4-9,11,17H,10H2,1-3H3/t11-/m0/s1. The summed E-state index contributed by atoms with van der Waals surface area (Å²) in [5.74, 6) is -0.346. The van der Waals surface area contributed by atoms with Gasteiger partial charge in [0, 0.05) is 31.2 Å². The molecule has 5 heteroatoms. The van der Waals surface area contributed by atoms with Gasteiger partial charge in [-0.2, -0.15) is 0 Å². The van der Waals surface area contributed by atoms with Crippen LogP contribution in [0.4, 0.5) is 0 Å². The van der Waals surface area contributed by atoms with Gasteiger partial charge in [-0.05, 0) is 43.3 Å². The first-order valence-corrected chi connectivity index (χ1v) is 6.47. The van der Waals surface area contributed by atoms with Crippen LogP contribution < -0.4 is 0 Å². The van der Waals surface area contributed by atoms with Crippen LogP contribution in [0.15, 0.2) is 36.8 Å². The molecule has 0 spiro atoms. The van der Waals surface area contributed by atoms with Crippen LogP contribution in [0.3, 0.4) is 0 Å². The fourth-order valence-electron chi connectivity index (χ4n) is 2.08. The van der Waals surface area contributed by atoms with Gasteiger partial charge in [-0.1, -0.05) is 0 Å². The van der Waals surface area contributed by atoms with Crippen molar-refractivity contribution in [2.24, 2.45) is 0 Å². The highest BCUT2D eigenvalue weighted by Gasteiger charge is 2.14. The zero-order chi connectivity index (χ0) is 14.5. The van der Waals surface area contributed by atoms with Gasteiger partial charge in [0.05, 0.1) is 7.11 Å². The van der Waals surface area contributed by atoms with Crippen molar-refractivity contribution >= 4 is 5.97 Å². The molecule has 0 unspecified atom stereocenters. The molecule has 20 heavy (non-hydrogen) atoms. The normalized spacial score (nSPS) is 12.4. The summed E-state index contributed by atoms with van der Waals surface area (Å²) >= 11 is 0. The fraction of sp³-hybridized carbons (Fsp3) is 0.333. The number of hydrogen-bond donors (Lipinski definition) is 1. The smallest absolute Gasteiger partial charge is 0.354 e. The van der Waals surface area contributed by atoms with E-state index in [0.29, 0.717) is 5.69 Å². The molecule has 0 saturated heterocycles. The third kappa shape index (κ3) is 3.24. The zero-order valence-electron chi connectivity index (χ0n) is 12.0. The largest absolute Gasteiger partial charge is 0.464 e. The Labute approximate surface area is 118 Å². The second kappa shape index (κ2) is 6.34. The Morgan fingerprint density at radius 1 is 1.45 bits per heavy atom. The molecule has 0 radical (unpaired) electrons. The highest BCUT2D eigenvalue weighted by atomic mass is 16.5. The van der Waals surface area contributed by atoms with Crippen LogP contribution in [0, 0.1) is 0 Å². The highest BCUT2D eigenvalue weighted by Crippen LogP contribution is 2.20. The molecule has 0 amide bonds. The van der Waals surface area contributed by atoms with Crippen molar-refractivity contribution in [2.75, 3.05) is 14.2 Å². The summed E-state index contributed by atoms with van der Waals surface area (Å²) in [6.45, 7) is 2.89. The number of hydrogen-bond acceptors (Lipinski definition) is 4. The third-order valence-corrected chi connectivity index (χ3v) is 3.43. The Balaban J connectivity index is 2.02. The summed E-state index contributed by atoms with van der Waals surface area (Å²) in [5.41, 5.74) is 2.74. The SMILES string of the molecule is COC(=O)c1cc(CN(C)[C@@H](C)c2ccncc2)c[nH]1. The molecule has 0 aliphatic rings. The van der Waals surface area contributed by atoms with Crippen LogP contribution >= 0.6 is 0 Å². The van der Waals surface area contributed by atoms with Crippen LogP contribution in [-0.4, -0.2) is 35.0 Å². The fourth-order valence-corrected chi connectivity index (χ4v) is 2.08. The van der Waals surface area contributed by atoms with Gasteiger partial charge in [0.1, 0.15) is 5.69 Å². The van der Waals surface area contributed by atoms with Crippen molar-refractivity contribution in [3.05, 3.63) is 53.6 Å². The molecule has 2 aromatic rings. The van der Waals surface area contributed by atoms with Crippen LogP contribution in [-0.2, 0) is 11.3 Å². The Hall–Kier alpha value is -2.14. The highest BCUT2D eigenvalue weighted by molar-refractivity contribution is 5.87. The van der Waals surface area contributed by atoms with Gasteiger partial charge in [0.25, 0.3) is 0 Å². The van der Waals surface area contributed by atoms with Gasteiger partial charge >= 0.3 is 5.97 Å². The van der Waals surface area contributed by atoms with E-state index in [-0.39, 0.29) is 12.0 Å². The molecule has 1 atom stereocenters. The minimum atomic E-state index is -0.346. The van der Waals surface area contributed by atoms with Crippen LogP contribution in [0.1, 0.15) is 34.6 Å². The molecular weight excluding hydrogens is 254 g/mol. The molecule has 0 bridgehead atoms. The monoisotopic (exact) mass is 273 g/mol. The summed E-state index contributed by atoms with van der Waals surface area (Å²) in [6.07, 6.45) is 5.43. The predicted octanol–water partition coefficient (Wildman–Crippen LogP) is 2.39. The molecular formula is C15H19N3O2. The second-order valence-corrected chi connectivity index (χ2v) is 4.78. The molecule has 0 saturated carbocycles. The van der Waals surface area contributed by atoms with Crippen molar-refractivity contribution < 1.29 is 9.53 Å². The van der Waals surface area contributed by atoms with E-state index in [0.717, 1.165) is 12.1 Å². The summed E-state index contributed by atoms with van der Waals surface area (Å²) in [6, 6.07) is 6.12. The van der Waals surface area contributed by atoms with Gasteiger partial charge < -0.3 is 9.72 Å². The van der Waals surface area contributed by atoms with Crippen LogP contribution in [0.2, 0.25) is 0 Å². The summed E-state index contributed by atoms with van der Waals surface area (Å²) in [7, 11) is 3.43. The van der Waals surface area contributed by atoms with E-state index >= 15 is 0 Å². The topological polar surface area (TPSA) is 58.2 Å². The van der Waals surface area contributed by atoms with E-state index in [2.05, 4.69) is 33.6 Å². The van der Waals surface area contributed by atoms with Crippen molar-refractivity contribution in [1.82, 2.24) is 14.9 Å². The molecule has 2 aromatic heterocycles. The molecule has 0 aromatic carbocycles. The summed E-state index contributed by atoms with van der Waals surface area (Å²) in [5, 5.41) is 0. The number of rotatable bonds is 5. The lowest BCUT2D eigenvalue weighted by molar-refractivity contribution is 0.0595. The van der Waals surface area contributed by atoms with E-state index in [1.54, 1.807) is 12.4 Å². The second-order valence-electron chi connectivity index (χ2n) is 4.78. The molecule has 0 aliphatic heterocycles. The van der Waals surface area contributed by atoms with E-state index < -0.39 is 0 Å². The minimum absolute atomic E-state index is 0.273. The quantitative estimate of drug-likeness (QED) is 0.850. The average Bonchev–Trinajstić information content (AvgIpc) is 2.95. The molecule has 2 heterocycles. The maximum Gasteiger partial charge on any atom is 0.354 e. The summed E-state index contributed by atoms with van der Waals surface area (Å²) < 4.78 is 4.68. The number of carbonyl (C=O) groups excluding carboxylic acids is 1. The van der Waals surface area contributed by atoms with Crippen molar-refractivity contribution in [2.45, 2.75) is 19.5 Å². The number of carbonyl (C=O) groups is 1. The first-order chi connectivity index (χ1) is 9.61. The molecule has 0 fully saturated rings. The molecule has 106 valence electrons. The lowest BCUT2D eigenvalue weighted by atomic mass is 10.1. The number of H-pyrrole nitrogens is 1. The Bertz CT molecular complexity index is 566. The maximum atomic E-state index is 11.4. The van der Waals surface area contributed by atoms with Gasteiger partial charge in [0.15, 0.2) is 0 Å². The number of ether oxygens (including phenoxy) is 1. The van der Waals surface area contributed by atoms with Gasteiger partial charge in [0.2, 0.25) is 0 Å². The van der Waals surface area contributed by atoms with Gasteiger partial charge in [-0.25, -0.2) is 4.79 Å². The molecule has 5 nitrogen and oxygen atoms in total. The average molecular weight is 273 g/mol. The number of methoxy groups -OCH3 is 1. The maximum absolute atomic E-state index is 11.4. The van der Waals surface area contributed by atoms with Gasteiger partial charge in [-0.15, -0.1) is 0 Å². The first-order valence-electron chi connectivity index (χ1n) is 6.47. The third-order valence-electron chi connectivity index (χ3n) is 3.43. The van der Waals surface area contributed by atoms with E-state index in [4.69, 9.17) is 0 Å². The van der Waals surface area contributed by atoms with E-state index in [9.17, 15) is 4.79 Å². The van der Waals surface area contributed by atoms with E-state index in [1.807, 2.05) is 24.4 Å². The molecule has 2 rings (SSSR count). The lowest BCUT2D eigenvalue weighted by Gasteiger charge is -2.24. The van der Waals surface area contributed by atoms with Crippen LogP contribution in [0.5, 0.6) is 0 Å². The Morgan fingerprint density at radius 3 is 2.80 bits per heavy atom. The van der Waals surface area contributed by atoms with Crippen LogP contribution in [0.25, 0.3) is 0 Å².